The minimum atomic E-state index is 0.747. The van der Waals surface area contributed by atoms with Crippen LogP contribution in [0, 0.1) is 0 Å². The van der Waals surface area contributed by atoms with E-state index in [0.29, 0.717) is 0 Å². The number of hydrogen-bond acceptors (Lipinski definition) is 4. The summed E-state index contributed by atoms with van der Waals surface area (Å²) in [5, 5.41) is 4.13. The number of thioether (sulfide) groups is 2. The lowest BCUT2D eigenvalue weighted by atomic mass is 10.8. The molecule has 10 heavy (non-hydrogen) atoms. The number of hydrogen-bond donors (Lipinski definition) is 2. The first-order valence-electron chi connectivity index (χ1n) is 3.20. The van der Waals surface area contributed by atoms with Crippen LogP contribution in [0.25, 0.3) is 0 Å². The van der Waals surface area contributed by atoms with Crippen LogP contribution in [0.4, 0.5) is 0 Å². The second kappa shape index (κ2) is 9.36. The summed E-state index contributed by atoms with van der Waals surface area (Å²) in [6, 6.07) is 0. The second-order valence-corrected chi connectivity index (χ2v) is 3.62. The highest BCUT2D eigenvalue weighted by Gasteiger charge is 1.79. The van der Waals surface area contributed by atoms with E-state index in [4.69, 9.17) is 11.5 Å². The molecule has 0 atom stereocenters. The fourth-order valence-electron chi connectivity index (χ4n) is 0.351. The first-order chi connectivity index (χ1) is 4.91. The van der Waals surface area contributed by atoms with E-state index in [1.54, 1.807) is 23.5 Å². The van der Waals surface area contributed by atoms with Crippen molar-refractivity contribution < 1.29 is 0 Å². The molecule has 0 aliphatic carbocycles. The maximum Gasteiger partial charge on any atom is 0.00975 e. The Kier molecular flexibility index (Phi) is 9.70. The van der Waals surface area contributed by atoms with Crippen molar-refractivity contribution in [3.63, 3.8) is 0 Å². The summed E-state index contributed by atoms with van der Waals surface area (Å²) in [6.07, 6.45) is 0. The van der Waals surface area contributed by atoms with Crippen LogP contribution in [0.15, 0.2) is 10.8 Å². The van der Waals surface area contributed by atoms with Crippen molar-refractivity contribution in [2.24, 2.45) is 11.5 Å². The van der Waals surface area contributed by atoms with Crippen LogP contribution in [0.2, 0.25) is 0 Å². The maximum absolute atomic E-state index is 5.29. The molecule has 0 saturated heterocycles. The van der Waals surface area contributed by atoms with Gasteiger partial charge in [0.2, 0.25) is 0 Å². The largest absolute Gasteiger partial charge is 0.330 e. The van der Waals surface area contributed by atoms with E-state index in [9.17, 15) is 0 Å². The molecule has 0 fully saturated rings. The summed E-state index contributed by atoms with van der Waals surface area (Å²) in [5.74, 6) is 2.00. The molecule has 0 rings (SSSR count). The summed E-state index contributed by atoms with van der Waals surface area (Å²) in [5.41, 5.74) is 10.6. The van der Waals surface area contributed by atoms with Gasteiger partial charge in [-0.3, -0.25) is 0 Å². The zero-order chi connectivity index (χ0) is 7.66. The molecule has 60 valence electrons. The zero-order valence-corrected chi connectivity index (χ0v) is 7.59. The molecule has 2 nitrogen and oxygen atoms in total. The van der Waals surface area contributed by atoms with Crippen molar-refractivity contribution in [1.29, 1.82) is 0 Å². The Bertz CT molecular complexity index is 75.8. The average molecular weight is 178 g/mol. The summed E-state index contributed by atoms with van der Waals surface area (Å²) in [6.45, 7) is 1.49. The van der Waals surface area contributed by atoms with E-state index in [1.807, 2.05) is 0 Å². The molecular weight excluding hydrogens is 164 g/mol. The van der Waals surface area contributed by atoms with Gasteiger partial charge in [0, 0.05) is 24.6 Å². The molecule has 0 amide bonds. The van der Waals surface area contributed by atoms with Crippen molar-refractivity contribution >= 4 is 23.5 Å². The predicted octanol–water partition coefficient (Wildman–Crippen LogP) is 0.841. The summed E-state index contributed by atoms with van der Waals surface area (Å²) in [4.78, 5) is 0. The van der Waals surface area contributed by atoms with Gasteiger partial charge < -0.3 is 11.5 Å². The van der Waals surface area contributed by atoms with Crippen LogP contribution in [0.5, 0.6) is 0 Å². The van der Waals surface area contributed by atoms with Gasteiger partial charge in [-0.25, -0.2) is 0 Å². The van der Waals surface area contributed by atoms with Crippen LogP contribution in [0.1, 0.15) is 0 Å². The standard InChI is InChI=1S/C6H14N2S2/c7-1-3-9-5-6-10-4-2-8/h5-6H,1-4,7-8H2/b6-5-. The Morgan fingerprint density at radius 1 is 0.900 bits per heavy atom. The van der Waals surface area contributed by atoms with Gasteiger partial charge in [0.15, 0.2) is 0 Å². The monoisotopic (exact) mass is 178 g/mol. The molecule has 4 N–H and O–H groups in total. The molecule has 0 aromatic heterocycles. The highest BCUT2D eigenvalue weighted by molar-refractivity contribution is 8.05. The van der Waals surface area contributed by atoms with Gasteiger partial charge in [0.25, 0.3) is 0 Å². The molecule has 0 aliphatic rings. The normalized spacial score (nSPS) is 11.0. The van der Waals surface area contributed by atoms with Crippen molar-refractivity contribution in [3.05, 3.63) is 10.8 Å². The Morgan fingerprint density at radius 3 is 1.60 bits per heavy atom. The topological polar surface area (TPSA) is 52.0 Å². The van der Waals surface area contributed by atoms with Crippen LogP contribution in [-0.2, 0) is 0 Å². The molecule has 0 radical (unpaired) electrons. The molecule has 0 unspecified atom stereocenters. The molecule has 0 bridgehead atoms. The third-order valence-corrected chi connectivity index (χ3v) is 2.49. The van der Waals surface area contributed by atoms with Crippen LogP contribution in [0.3, 0.4) is 0 Å². The lowest BCUT2D eigenvalue weighted by Crippen LogP contribution is -2.00. The maximum atomic E-state index is 5.29. The van der Waals surface area contributed by atoms with Crippen LogP contribution >= 0.6 is 23.5 Å². The van der Waals surface area contributed by atoms with E-state index in [-0.39, 0.29) is 0 Å². The quantitative estimate of drug-likeness (QED) is 0.592. The highest BCUT2D eigenvalue weighted by Crippen LogP contribution is 2.06. The minimum absolute atomic E-state index is 0.747. The molecule has 0 aromatic rings. The van der Waals surface area contributed by atoms with Gasteiger partial charge in [-0.15, -0.1) is 23.5 Å². The lowest BCUT2D eigenvalue weighted by molar-refractivity contribution is 1.15. The van der Waals surface area contributed by atoms with E-state index in [2.05, 4.69) is 10.8 Å². The van der Waals surface area contributed by atoms with Gasteiger partial charge in [0.1, 0.15) is 0 Å². The molecule has 0 aromatic carbocycles. The average Bonchev–Trinajstić information content (AvgIpc) is 1.97. The van der Waals surface area contributed by atoms with Gasteiger partial charge >= 0.3 is 0 Å². The van der Waals surface area contributed by atoms with Gasteiger partial charge in [-0.05, 0) is 10.8 Å². The fourth-order valence-corrected chi connectivity index (χ4v) is 1.52. The van der Waals surface area contributed by atoms with E-state index in [0.717, 1.165) is 24.6 Å². The van der Waals surface area contributed by atoms with Gasteiger partial charge in [-0.1, -0.05) is 0 Å². The van der Waals surface area contributed by atoms with Crippen molar-refractivity contribution in [2.75, 3.05) is 24.6 Å². The Labute approximate surface area is 70.8 Å². The third kappa shape index (κ3) is 8.36. The second-order valence-electron chi connectivity index (χ2n) is 1.59. The fraction of sp³-hybridized carbons (Fsp3) is 0.667. The van der Waals surface area contributed by atoms with Crippen molar-refractivity contribution in [1.82, 2.24) is 0 Å². The molecule has 0 aliphatic heterocycles. The van der Waals surface area contributed by atoms with Crippen LogP contribution < -0.4 is 11.5 Å². The molecule has 0 heterocycles. The number of nitrogens with two attached hydrogens (primary N) is 2. The first kappa shape index (κ1) is 10.4. The SMILES string of the molecule is NCCS/C=C\SCCN. The molecule has 4 heteroatoms. The van der Waals surface area contributed by atoms with Crippen LogP contribution in [-0.4, -0.2) is 24.6 Å². The van der Waals surface area contributed by atoms with E-state index in [1.165, 1.54) is 0 Å². The molecule has 0 spiro atoms. The zero-order valence-electron chi connectivity index (χ0n) is 5.95. The lowest BCUT2D eigenvalue weighted by Gasteiger charge is -1.89. The van der Waals surface area contributed by atoms with Gasteiger partial charge in [-0.2, -0.15) is 0 Å². The third-order valence-electron chi connectivity index (χ3n) is 0.719. The van der Waals surface area contributed by atoms with E-state index >= 15 is 0 Å². The van der Waals surface area contributed by atoms with E-state index < -0.39 is 0 Å². The van der Waals surface area contributed by atoms with Crippen molar-refractivity contribution in [3.8, 4) is 0 Å². The Morgan fingerprint density at radius 2 is 1.30 bits per heavy atom. The Balaban J connectivity index is 2.89. The first-order valence-corrected chi connectivity index (χ1v) is 5.30. The number of rotatable bonds is 6. The summed E-state index contributed by atoms with van der Waals surface area (Å²) in [7, 11) is 0. The predicted molar refractivity (Wildman–Crippen MR) is 52.2 cm³/mol. The summed E-state index contributed by atoms with van der Waals surface area (Å²) < 4.78 is 0. The highest BCUT2D eigenvalue weighted by atomic mass is 32.2. The smallest absolute Gasteiger partial charge is 0.00975 e. The van der Waals surface area contributed by atoms with Gasteiger partial charge in [0.05, 0.1) is 0 Å². The Hall–Kier alpha value is 0.360. The van der Waals surface area contributed by atoms with Crippen molar-refractivity contribution in [2.45, 2.75) is 0 Å². The summed E-state index contributed by atoms with van der Waals surface area (Å²) >= 11 is 3.47. The minimum Gasteiger partial charge on any atom is -0.330 e. The molecular formula is C6H14N2S2. The molecule has 0 saturated carbocycles.